The van der Waals surface area contributed by atoms with Crippen LogP contribution < -0.4 is 10.6 Å². The molecule has 0 unspecified atom stereocenters. The third kappa shape index (κ3) is 9.71. The topological polar surface area (TPSA) is 87.2 Å². The van der Waals surface area contributed by atoms with Crippen molar-refractivity contribution in [2.75, 3.05) is 37.8 Å². The molecule has 0 saturated carbocycles. The maximum absolute atomic E-state index is 8.00. The number of nitrogens with zero attached hydrogens (tertiary/aromatic N) is 3. The van der Waals surface area contributed by atoms with Crippen LogP contribution in [0.4, 0.5) is 17.2 Å². The Morgan fingerprint density at radius 1 is 1.14 bits per heavy atom. The van der Waals surface area contributed by atoms with E-state index in [9.17, 15) is 0 Å². The predicted molar refractivity (Wildman–Crippen MR) is 155 cm³/mol. The van der Waals surface area contributed by atoms with Crippen LogP contribution in [0.15, 0.2) is 53.7 Å². The summed E-state index contributed by atoms with van der Waals surface area (Å²) in [4.78, 5) is 27.1. The number of hydrogen-bond acceptors (Lipinski definition) is 8. The fourth-order valence-electron chi connectivity index (χ4n) is 3.17. The molecule has 194 valence electrons. The summed E-state index contributed by atoms with van der Waals surface area (Å²) >= 11 is 1.65. The molecule has 4 rings (SSSR count). The van der Waals surface area contributed by atoms with Gasteiger partial charge in [-0.3, -0.25) is 0 Å². The summed E-state index contributed by atoms with van der Waals surface area (Å²) in [6.07, 6.45) is 10.9. The second kappa shape index (κ2) is 17.1. The molecule has 1 aliphatic heterocycles. The van der Waals surface area contributed by atoms with E-state index in [0.717, 1.165) is 53.7 Å². The third-order valence-corrected chi connectivity index (χ3v) is 6.36. The summed E-state index contributed by atoms with van der Waals surface area (Å²) in [5.74, 6) is 1.75. The van der Waals surface area contributed by atoms with Crippen molar-refractivity contribution in [3.63, 3.8) is 0 Å². The van der Waals surface area contributed by atoms with E-state index < -0.39 is 0 Å². The van der Waals surface area contributed by atoms with Crippen molar-refractivity contribution in [3.05, 3.63) is 59.3 Å². The van der Waals surface area contributed by atoms with Gasteiger partial charge >= 0.3 is 0 Å². The average molecular weight is 510 g/mol. The first-order valence-electron chi connectivity index (χ1n) is 11.9. The molecule has 7 nitrogen and oxygen atoms in total. The average Bonchev–Trinajstić information content (AvgIpc) is 3.39. The molecule has 2 aromatic heterocycles. The lowest BCUT2D eigenvalue weighted by Crippen LogP contribution is -2.23. The molecular weight excluding hydrogens is 470 g/mol. The van der Waals surface area contributed by atoms with Crippen LogP contribution in [-0.4, -0.2) is 55.6 Å². The first-order valence-corrected chi connectivity index (χ1v) is 12.8. The van der Waals surface area contributed by atoms with Crippen LogP contribution in [-0.2, 0) is 9.59 Å². The number of benzene rings is 1. The molecule has 1 aromatic carbocycles. The van der Waals surface area contributed by atoms with E-state index in [4.69, 9.17) is 9.59 Å². The largest absolute Gasteiger partial charge is 0.373 e. The highest BCUT2D eigenvalue weighted by Gasteiger charge is 2.09. The van der Waals surface area contributed by atoms with Crippen LogP contribution in [0.1, 0.15) is 39.2 Å². The molecule has 0 spiro atoms. The summed E-state index contributed by atoms with van der Waals surface area (Å²) in [5.41, 5.74) is 7.42. The van der Waals surface area contributed by atoms with E-state index in [1.165, 1.54) is 16.7 Å². The molecule has 2 N–H and O–H groups in total. The van der Waals surface area contributed by atoms with Gasteiger partial charge in [0.2, 0.25) is 0 Å². The van der Waals surface area contributed by atoms with Crippen molar-refractivity contribution >= 4 is 58.4 Å². The Bertz CT molecular complexity index is 1110. The third-order valence-electron chi connectivity index (χ3n) is 5.57. The van der Waals surface area contributed by atoms with Crippen molar-refractivity contribution in [2.24, 2.45) is 5.92 Å². The van der Waals surface area contributed by atoms with Gasteiger partial charge in [0.1, 0.15) is 19.4 Å². The molecule has 1 aliphatic rings. The standard InChI is InChI=1S/C21H23N5S.C5H12.2CH2O/c1-22-21-17(5-3-15-8-11-26(2)12-9-15)18(7-10-23-21)25-16-4-6-19-20(13-16)27-14-24-19;1-4-5(2)3;2*1-2/h3-8,10,13-14H,9,11-12H2,1-2H3,(H2,22,23,25);5H,4H2,1-3H3;2*1H2/b5-3+;;;. The number of allylic oxidation sites excluding steroid dienone is 1. The molecule has 0 saturated heterocycles. The van der Waals surface area contributed by atoms with Gasteiger partial charge in [-0.1, -0.05) is 39.3 Å². The molecule has 8 heteroatoms. The summed E-state index contributed by atoms with van der Waals surface area (Å²) in [5, 5.41) is 6.75. The van der Waals surface area contributed by atoms with Gasteiger partial charge in [0.15, 0.2) is 0 Å². The van der Waals surface area contributed by atoms with Crippen LogP contribution in [0.3, 0.4) is 0 Å². The smallest absolute Gasteiger partial charge is 0.135 e. The minimum Gasteiger partial charge on any atom is -0.373 e. The Balaban J connectivity index is 0.000000634. The number of anilines is 3. The number of likely N-dealkylation sites (N-methyl/N-ethyl adjacent to an activating group) is 1. The van der Waals surface area contributed by atoms with Crippen LogP contribution in [0.25, 0.3) is 16.3 Å². The lowest BCUT2D eigenvalue weighted by Gasteiger charge is -2.20. The van der Waals surface area contributed by atoms with Crippen molar-refractivity contribution in [2.45, 2.75) is 33.6 Å². The zero-order valence-electron chi connectivity index (χ0n) is 22.1. The van der Waals surface area contributed by atoms with Crippen LogP contribution in [0.5, 0.6) is 0 Å². The van der Waals surface area contributed by atoms with Gasteiger partial charge < -0.3 is 25.1 Å². The second-order valence-electron chi connectivity index (χ2n) is 8.46. The van der Waals surface area contributed by atoms with Crippen LogP contribution >= 0.6 is 11.3 Å². The molecule has 0 fully saturated rings. The maximum atomic E-state index is 8.00. The molecule has 3 aromatic rings. The van der Waals surface area contributed by atoms with E-state index in [1.807, 2.05) is 44.5 Å². The Hall–Kier alpha value is -3.36. The first-order chi connectivity index (χ1) is 17.5. The number of pyridine rings is 1. The molecule has 3 heterocycles. The van der Waals surface area contributed by atoms with E-state index in [2.05, 4.69) is 83.7 Å². The zero-order chi connectivity index (χ0) is 26.9. The van der Waals surface area contributed by atoms with Gasteiger partial charge in [0.05, 0.1) is 21.4 Å². The zero-order valence-corrected chi connectivity index (χ0v) is 22.9. The Morgan fingerprint density at radius 3 is 2.47 bits per heavy atom. The molecule has 0 radical (unpaired) electrons. The van der Waals surface area contributed by atoms with E-state index in [0.29, 0.717) is 0 Å². The van der Waals surface area contributed by atoms with E-state index in [1.54, 1.807) is 11.3 Å². The monoisotopic (exact) mass is 509 g/mol. The highest BCUT2D eigenvalue weighted by atomic mass is 32.1. The first kappa shape index (κ1) is 30.7. The molecular formula is C28H39N5O2S. The lowest BCUT2D eigenvalue weighted by molar-refractivity contribution is -0.0987. The van der Waals surface area contributed by atoms with Gasteiger partial charge in [-0.15, -0.1) is 11.3 Å². The van der Waals surface area contributed by atoms with Crippen molar-refractivity contribution in [3.8, 4) is 0 Å². The number of thiazole rings is 1. The number of rotatable bonds is 6. The van der Waals surface area contributed by atoms with Crippen LogP contribution in [0, 0.1) is 5.92 Å². The highest BCUT2D eigenvalue weighted by Crippen LogP contribution is 2.30. The fourth-order valence-corrected chi connectivity index (χ4v) is 3.88. The maximum Gasteiger partial charge on any atom is 0.135 e. The normalized spacial score (nSPS) is 13.0. The minimum absolute atomic E-state index is 0.864. The summed E-state index contributed by atoms with van der Waals surface area (Å²) < 4.78 is 1.18. The Labute approximate surface area is 219 Å². The molecule has 0 amide bonds. The molecule has 0 atom stereocenters. The van der Waals surface area contributed by atoms with Crippen molar-refractivity contribution in [1.82, 2.24) is 14.9 Å². The summed E-state index contributed by atoms with van der Waals surface area (Å²) in [7, 11) is 4.06. The van der Waals surface area contributed by atoms with Gasteiger partial charge in [-0.05, 0) is 55.3 Å². The Morgan fingerprint density at radius 2 is 1.86 bits per heavy atom. The number of carbonyl (C=O) groups excluding carboxylic acids is 2. The van der Waals surface area contributed by atoms with Crippen molar-refractivity contribution in [1.29, 1.82) is 0 Å². The van der Waals surface area contributed by atoms with Crippen LogP contribution in [0.2, 0.25) is 0 Å². The number of carbonyl (C=O) groups is 2. The number of aromatic nitrogens is 2. The van der Waals surface area contributed by atoms with Gasteiger partial charge in [0.25, 0.3) is 0 Å². The lowest BCUT2D eigenvalue weighted by atomic mass is 10.1. The highest BCUT2D eigenvalue weighted by molar-refractivity contribution is 7.16. The van der Waals surface area contributed by atoms with E-state index >= 15 is 0 Å². The van der Waals surface area contributed by atoms with Gasteiger partial charge in [-0.2, -0.15) is 0 Å². The number of fused-ring (bicyclic) bond motifs is 1. The second-order valence-corrected chi connectivity index (χ2v) is 9.34. The van der Waals surface area contributed by atoms with Gasteiger partial charge in [-0.25, -0.2) is 9.97 Å². The Kier molecular flexibility index (Phi) is 14.6. The van der Waals surface area contributed by atoms with Crippen molar-refractivity contribution < 1.29 is 9.59 Å². The summed E-state index contributed by atoms with van der Waals surface area (Å²) in [6, 6.07) is 8.27. The fraction of sp³-hybridized carbons (Fsp3) is 0.357. The molecule has 36 heavy (non-hydrogen) atoms. The predicted octanol–water partition coefficient (Wildman–Crippen LogP) is 6.43. The number of nitrogens with one attached hydrogen (secondary N) is 2. The minimum atomic E-state index is 0.864. The quantitative estimate of drug-likeness (QED) is 0.396. The van der Waals surface area contributed by atoms with Gasteiger partial charge in [0, 0.05) is 37.6 Å². The SMILES string of the molecule is C=O.C=O.CCC(C)C.CNc1nccc(Nc2ccc3ncsc3c2)c1/C=C/C1=CCN(C)CC1. The molecule has 0 bridgehead atoms. The van der Waals surface area contributed by atoms with E-state index in [-0.39, 0.29) is 0 Å². The molecule has 0 aliphatic carbocycles. The number of hydrogen-bond donors (Lipinski definition) is 2. The summed E-state index contributed by atoms with van der Waals surface area (Å²) in [6.45, 7) is 12.7.